The summed E-state index contributed by atoms with van der Waals surface area (Å²) in [6.45, 7) is 7.18. The predicted molar refractivity (Wildman–Crippen MR) is 58.7 cm³/mol. The summed E-state index contributed by atoms with van der Waals surface area (Å²) in [6, 6.07) is 0. The Kier molecular flexibility index (Phi) is 3.63. The van der Waals surface area contributed by atoms with Crippen molar-refractivity contribution in [2.24, 2.45) is 17.3 Å². The average Bonchev–Trinajstić information content (AvgIpc) is 2.03. The van der Waals surface area contributed by atoms with Gasteiger partial charge in [-0.05, 0) is 42.9 Å². The van der Waals surface area contributed by atoms with Crippen LogP contribution >= 0.6 is 15.9 Å². The molecule has 0 aromatic rings. The highest BCUT2D eigenvalue weighted by Crippen LogP contribution is 2.40. The lowest BCUT2D eigenvalue weighted by Gasteiger charge is -2.36. The van der Waals surface area contributed by atoms with Crippen LogP contribution in [0.1, 0.15) is 46.5 Å². The van der Waals surface area contributed by atoms with Crippen molar-refractivity contribution in [2.75, 3.05) is 5.33 Å². The van der Waals surface area contributed by atoms with Crippen molar-refractivity contribution in [1.29, 1.82) is 0 Å². The smallest absolute Gasteiger partial charge is 0.00596 e. The lowest BCUT2D eigenvalue weighted by molar-refractivity contribution is 0.163. The highest BCUT2D eigenvalue weighted by molar-refractivity contribution is 9.09. The summed E-state index contributed by atoms with van der Waals surface area (Å²) in [5, 5.41) is 1.18. The summed E-state index contributed by atoms with van der Waals surface area (Å²) in [6.07, 6.45) is 5.74. The van der Waals surface area contributed by atoms with Crippen LogP contribution in [0.2, 0.25) is 0 Å². The van der Waals surface area contributed by atoms with Gasteiger partial charge in [-0.3, -0.25) is 0 Å². The van der Waals surface area contributed by atoms with Gasteiger partial charge in [-0.25, -0.2) is 0 Å². The van der Waals surface area contributed by atoms with Gasteiger partial charge in [0.1, 0.15) is 0 Å². The minimum atomic E-state index is 0.628. The van der Waals surface area contributed by atoms with Gasteiger partial charge >= 0.3 is 0 Å². The molecule has 0 heterocycles. The van der Waals surface area contributed by atoms with Gasteiger partial charge in [0.15, 0.2) is 0 Å². The molecule has 0 N–H and O–H groups in total. The van der Waals surface area contributed by atoms with E-state index in [1.54, 1.807) is 0 Å². The standard InChI is InChI=1S/C11H21Br/c1-9(8-12)10-4-6-11(2,3)7-5-10/h9-10H,4-8H2,1-3H3. The van der Waals surface area contributed by atoms with E-state index in [-0.39, 0.29) is 0 Å². The molecule has 0 amide bonds. The fraction of sp³-hybridized carbons (Fsp3) is 1.00. The fourth-order valence-electron chi connectivity index (χ4n) is 2.12. The molecule has 1 saturated carbocycles. The van der Waals surface area contributed by atoms with Gasteiger partial charge < -0.3 is 0 Å². The summed E-state index contributed by atoms with van der Waals surface area (Å²) < 4.78 is 0. The highest BCUT2D eigenvalue weighted by atomic mass is 79.9. The molecular formula is C11H21Br. The van der Waals surface area contributed by atoms with Crippen molar-refractivity contribution in [3.8, 4) is 0 Å². The van der Waals surface area contributed by atoms with Gasteiger partial charge in [-0.2, -0.15) is 0 Å². The molecule has 1 unspecified atom stereocenters. The van der Waals surface area contributed by atoms with E-state index < -0.39 is 0 Å². The molecule has 1 fully saturated rings. The molecule has 1 aliphatic carbocycles. The SMILES string of the molecule is CC(CBr)C1CCC(C)(C)CC1. The zero-order valence-corrected chi connectivity index (χ0v) is 10.2. The first kappa shape index (κ1) is 10.6. The maximum atomic E-state index is 3.58. The normalized spacial score (nSPS) is 27.0. The van der Waals surface area contributed by atoms with E-state index in [1.807, 2.05) is 0 Å². The summed E-state index contributed by atoms with van der Waals surface area (Å²) in [5.41, 5.74) is 0.628. The Bertz CT molecular complexity index is 130. The van der Waals surface area contributed by atoms with Crippen molar-refractivity contribution in [2.45, 2.75) is 46.5 Å². The molecule has 0 radical (unpaired) electrons. The van der Waals surface area contributed by atoms with Gasteiger partial charge in [-0.1, -0.05) is 36.7 Å². The summed E-state index contributed by atoms with van der Waals surface area (Å²) >= 11 is 3.58. The van der Waals surface area contributed by atoms with Crippen LogP contribution < -0.4 is 0 Å². The first-order valence-corrected chi connectivity index (χ1v) is 6.23. The molecular weight excluding hydrogens is 212 g/mol. The van der Waals surface area contributed by atoms with Crippen LogP contribution in [-0.4, -0.2) is 5.33 Å². The van der Waals surface area contributed by atoms with Crippen molar-refractivity contribution in [3.05, 3.63) is 0 Å². The second kappa shape index (κ2) is 4.13. The van der Waals surface area contributed by atoms with Crippen molar-refractivity contribution < 1.29 is 0 Å². The lowest BCUT2D eigenvalue weighted by atomic mass is 9.70. The van der Waals surface area contributed by atoms with Crippen LogP contribution in [0, 0.1) is 17.3 Å². The molecule has 1 atom stereocenters. The van der Waals surface area contributed by atoms with Gasteiger partial charge in [0, 0.05) is 5.33 Å². The molecule has 1 heteroatoms. The first-order valence-electron chi connectivity index (χ1n) is 5.11. The average molecular weight is 233 g/mol. The Hall–Kier alpha value is 0.480. The summed E-state index contributed by atoms with van der Waals surface area (Å²) in [7, 11) is 0. The first-order chi connectivity index (χ1) is 5.55. The van der Waals surface area contributed by atoms with E-state index in [9.17, 15) is 0 Å². The molecule has 0 aromatic heterocycles. The Morgan fingerprint density at radius 1 is 1.33 bits per heavy atom. The van der Waals surface area contributed by atoms with E-state index in [0.29, 0.717) is 5.41 Å². The predicted octanol–water partition coefficient (Wildman–Crippen LogP) is 4.23. The highest BCUT2D eigenvalue weighted by Gasteiger charge is 2.28. The molecule has 1 rings (SSSR count). The lowest BCUT2D eigenvalue weighted by Crippen LogP contribution is -2.25. The largest absolute Gasteiger partial charge is 0.0925 e. The van der Waals surface area contributed by atoms with E-state index in [1.165, 1.54) is 31.0 Å². The number of hydrogen-bond acceptors (Lipinski definition) is 0. The second-order valence-corrected chi connectivity index (χ2v) is 5.78. The number of halogens is 1. The van der Waals surface area contributed by atoms with Gasteiger partial charge in [0.05, 0.1) is 0 Å². The van der Waals surface area contributed by atoms with Crippen molar-refractivity contribution >= 4 is 15.9 Å². The van der Waals surface area contributed by atoms with Gasteiger partial charge in [0.2, 0.25) is 0 Å². The Morgan fingerprint density at radius 2 is 1.83 bits per heavy atom. The maximum absolute atomic E-state index is 3.58. The molecule has 1 aliphatic rings. The number of rotatable bonds is 2. The maximum Gasteiger partial charge on any atom is 0.00596 e. The second-order valence-electron chi connectivity index (χ2n) is 5.13. The quantitative estimate of drug-likeness (QED) is 0.626. The van der Waals surface area contributed by atoms with Crippen LogP contribution in [0.5, 0.6) is 0 Å². The third kappa shape index (κ3) is 2.76. The molecule has 0 spiro atoms. The third-order valence-corrected chi connectivity index (χ3v) is 4.45. The monoisotopic (exact) mass is 232 g/mol. The molecule has 0 aromatic carbocycles. The van der Waals surface area contributed by atoms with Crippen LogP contribution in [-0.2, 0) is 0 Å². The molecule has 12 heavy (non-hydrogen) atoms. The van der Waals surface area contributed by atoms with E-state index in [4.69, 9.17) is 0 Å². The summed E-state index contributed by atoms with van der Waals surface area (Å²) in [4.78, 5) is 0. The minimum Gasteiger partial charge on any atom is -0.0925 e. The molecule has 0 nitrogen and oxygen atoms in total. The van der Waals surface area contributed by atoms with E-state index in [2.05, 4.69) is 36.7 Å². The van der Waals surface area contributed by atoms with Crippen LogP contribution in [0.15, 0.2) is 0 Å². The van der Waals surface area contributed by atoms with Crippen LogP contribution in [0.3, 0.4) is 0 Å². The van der Waals surface area contributed by atoms with Crippen molar-refractivity contribution in [3.63, 3.8) is 0 Å². The number of alkyl halides is 1. The third-order valence-electron chi connectivity index (χ3n) is 3.43. The molecule has 0 saturated heterocycles. The Balaban J connectivity index is 2.36. The minimum absolute atomic E-state index is 0.628. The van der Waals surface area contributed by atoms with Crippen LogP contribution in [0.4, 0.5) is 0 Å². The Morgan fingerprint density at radius 3 is 2.25 bits per heavy atom. The van der Waals surface area contributed by atoms with E-state index in [0.717, 1.165) is 11.8 Å². The molecule has 0 bridgehead atoms. The van der Waals surface area contributed by atoms with Gasteiger partial charge in [-0.15, -0.1) is 0 Å². The topological polar surface area (TPSA) is 0 Å². The van der Waals surface area contributed by atoms with Gasteiger partial charge in [0.25, 0.3) is 0 Å². The van der Waals surface area contributed by atoms with Crippen molar-refractivity contribution in [1.82, 2.24) is 0 Å². The van der Waals surface area contributed by atoms with E-state index >= 15 is 0 Å². The van der Waals surface area contributed by atoms with Crippen LogP contribution in [0.25, 0.3) is 0 Å². The molecule has 72 valence electrons. The summed E-state index contributed by atoms with van der Waals surface area (Å²) in [5.74, 6) is 1.86. The molecule has 0 aliphatic heterocycles. The number of hydrogen-bond donors (Lipinski definition) is 0. The zero-order valence-electron chi connectivity index (χ0n) is 8.57. The zero-order chi connectivity index (χ0) is 9.19. The fourth-order valence-corrected chi connectivity index (χ4v) is 2.65. The Labute approximate surface area is 85.3 Å².